The number of rotatable bonds is 3. The molecular weight excluding hydrogens is 277 g/mol. The highest BCUT2D eigenvalue weighted by Crippen LogP contribution is 2.21. The second-order valence-electron chi connectivity index (χ2n) is 3.65. The zero-order chi connectivity index (χ0) is 13.0. The molecule has 1 rings (SSSR count). The Kier molecular flexibility index (Phi) is 6.68. The zero-order valence-corrected chi connectivity index (χ0v) is 11.6. The molecule has 7 heteroatoms. The molecule has 2 amide bonds. The van der Waals surface area contributed by atoms with Gasteiger partial charge in [0.05, 0.1) is 17.1 Å². The summed E-state index contributed by atoms with van der Waals surface area (Å²) in [5.41, 5.74) is 6.02. The lowest BCUT2D eigenvalue weighted by molar-refractivity contribution is -0.114. The van der Waals surface area contributed by atoms with E-state index in [-0.39, 0.29) is 30.8 Å². The fourth-order valence-corrected chi connectivity index (χ4v) is 1.42. The minimum absolute atomic E-state index is 0. The Morgan fingerprint density at radius 3 is 2.50 bits per heavy atom. The van der Waals surface area contributed by atoms with Crippen molar-refractivity contribution in [1.82, 2.24) is 4.90 Å². The van der Waals surface area contributed by atoms with E-state index in [0.29, 0.717) is 16.3 Å². The van der Waals surface area contributed by atoms with Gasteiger partial charge in [0.1, 0.15) is 0 Å². The molecular formula is C11H15Cl2N3O2. The molecule has 0 atom stereocenters. The molecule has 0 heterocycles. The van der Waals surface area contributed by atoms with Crippen molar-refractivity contribution in [1.29, 1.82) is 0 Å². The van der Waals surface area contributed by atoms with Crippen molar-refractivity contribution in [3.05, 3.63) is 28.8 Å². The predicted molar refractivity (Wildman–Crippen MR) is 74.4 cm³/mol. The molecule has 0 saturated carbocycles. The van der Waals surface area contributed by atoms with Crippen LogP contribution in [0, 0.1) is 0 Å². The summed E-state index contributed by atoms with van der Waals surface area (Å²) >= 11 is 5.92. The van der Waals surface area contributed by atoms with Gasteiger partial charge in [0.15, 0.2) is 0 Å². The van der Waals surface area contributed by atoms with E-state index in [9.17, 15) is 9.59 Å². The third-order valence-corrected chi connectivity index (χ3v) is 2.40. The van der Waals surface area contributed by atoms with E-state index in [0.717, 1.165) is 0 Å². The average Bonchev–Trinajstić information content (AvgIpc) is 2.30. The summed E-state index contributed by atoms with van der Waals surface area (Å²) in [4.78, 5) is 24.3. The number of hydrogen-bond donors (Lipinski definition) is 2. The quantitative estimate of drug-likeness (QED) is 0.883. The molecule has 0 aliphatic heterocycles. The maximum Gasteiger partial charge on any atom is 0.254 e. The van der Waals surface area contributed by atoms with Crippen molar-refractivity contribution in [2.75, 3.05) is 26.0 Å². The molecule has 100 valence electrons. The number of amides is 2. The molecule has 0 fully saturated rings. The Morgan fingerprint density at radius 1 is 1.39 bits per heavy atom. The van der Waals surface area contributed by atoms with Crippen molar-refractivity contribution >= 4 is 41.5 Å². The number of carbonyl (C=O) groups excluding carboxylic acids is 2. The lowest BCUT2D eigenvalue weighted by atomic mass is 10.1. The molecule has 0 saturated heterocycles. The first-order valence-electron chi connectivity index (χ1n) is 4.97. The number of anilines is 1. The monoisotopic (exact) mass is 291 g/mol. The van der Waals surface area contributed by atoms with Crippen LogP contribution in [0.4, 0.5) is 5.69 Å². The summed E-state index contributed by atoms with van der Waals surface area (Å²) in [7, 11) is 3.26. The van der Waals surface area contributed by atoms with Gasteiger partial charge >= 0.3 is 0 Å². The van der Waals surface area contributed by atoms with Gasteiger partial charge in [0, 0.05) is 19.8 Å². The summed E-state index contributed by atoms with van der Waals surface area (Å²) in [5, 5.41) is 2.90. The van der Waals surface area contributed by atoms with Crippen molar-refractivity contribution in [2.45, 2.75) is 0 Å². The number of nitrogens with one attached hydrogen (secondary N) is 1. The first kappa shape index (κ1) is 16.7. The van der Waals surface area contributed by atoms with E-state index in [1.165, 1.54) is 11.0 Å². The Bertz CT molecular complexity index is 450. The van der Waals surface area contributed by atoms with Gasteiger partial charge in [-0.25, -0.2) is 0 Å². The number of halogens is 2. The molecule has 0 aromatic heterocycles. The number of nitrogens with zero attached hydrogens (tertiary/aromatic N) is 1. The highest BCUT2D eigenvalue weighted by Gasteiger charge is 2.13. The smallest absolute Gasteiger partial charge is 0.254 e. The van der Waals surface area contributed by atoms with E-state index in [1.807, 2.05) is 0 Å². The van der Waals surface area contributed by atoms with Crippen molar-refractivity contribution in [3.63, 3.8) is 0 Å². The van der Waals surface area contributed by atoms with Gasteiger partial charge in [-0.2, -0.15) is 0 Å². The Morgan fingerprint density at radius 2 is 2.00 bits per heavy atom. The summed E-state index contributed by atoms with van der Waals surface area (Å²) in [5.74, 6) is -0.547. The molecule has 3 N–H and O–H groups in total. The lowest BCUT2D eigenvalue weighted by Crippen LogP contribution is -2.24. The Labute approximate surface area is 117 Å². The minimum Gasteiger partial charge on any atom is -0.345 e. The van der Waals surface area contributed by atoms with Gasteiger partial charge in [0.2, 0.25) is 5.91 Å². The first-order valence-corrected chi connectivity index (χ1v) is 5.34. The zero-order valence-electron chi connectivity index (χ0n) is 10.1. The van der Waals surface area contributed by atoms with Gasteiger partial charge in [0.25, 0.3) is 5.91 Å². The summed E-state index contributed by atoms with van der Waals surface area (Å²) in [6.07, 6.45) is 0. The predicted octanol–water partition coefficient (Wildman–Crippen LogP) is 1.36. The van der Waals surface area contributed by atoms with E-state index in [4.69, 9.17) is 17.3 Å². The highest BCUT2D eigenvalue weighted by molar-refractivity contribution is 6.34. The van der Waals surface area contributed by atoms with Crippen molar-refractivity contribution in [2.24, 2.45) is 5.73 Å². The minimum atomic E-state index is -0.324. The Hall–Kier alpha value is -1.30. The van der Waals surface area contributed by atoms with Gasteiger partial charge < -0.3 is 16.0 Å². The first-order chi connectivity index (χ1) is 7.95. The molecule has 1 aromatic rings. The van der Waals surface area contributed by atoms with Crippen molar-refractivity contribution in [3.8, 4) is 0 Å². The largest absolute Gasteiger partial charge is 0.345 e. The van der Waals surface area contributed by atoms with Crippen LogP contribution in [-0.4, -0.2) is 37.4 Å². The van der Waals surface area contributed by atoms with E-state index < -0.39 is 0 Å². The second-order valence-corrected chi connectivity index (χ2v) is 4.05. The van der Waals surface area contributed by atoms with E-state index >= 15 is 0 Å². The third kappa shape index (κ3) is 4.18. The molecule has 5 nitrogen and oxygen atoms in total. The summed E-state index contributed by atoms with van der Waals surface area (Å²) < 4.78 is 0. The van der Waals surface area contributed by atoms with Gasteiger partial charge in [-0.15, -0.1) is 12.4 Å². The van der Waals surface area contributed by atoms with Crippen LogP contribution in [-0.2, 0) is 4.79 Å². The molecule has 18 heavy (non-hydrogen) atoms. The molecule has 0 spiro atoms. The Balaban J connectivity index is 0.00000289. The van der Waals surface area contributed by atoms with E-state index in [2.05, 4.69) is 5.32 Å². The normalized spacial score (nSPS) is 9.33. The molecule has 1 aromatic carbocycles. The van der Waals surface area contributed by atoms with Crippen LogP contribution >= 0.6 is 24.0 Å². The van der Waals surface area contributed by atoms with E-state index in [1.54, 1.807) is 26.2 Å². The number of hydrogen-bond acceptors (Lipinski definition) is 3. The number of nitrogens with two attached hydrogens (primary N) is 1. The number of carbonyl (C=O) groups is 2. The maximum atomic E-state index is 11.8. The summed E-state index contributed by atoms with van der Waals surface area (Å²) in [6.45, 7) is -0.112. The molecule has 0 aliphatic carbocycles. The van der Waals surface area contributed by atoms with Crippen LogP contribution in [0.25, 0.3) is 0 Å². The van der Waals surface area contributed by atoms with Crippen molar-refractivity contribution < 1.29 is 9.59 Å². The highest BCUT2D eigenvalue weighted by atomic mass is 35.5. The second kappa shape index (κ2) is 7.20. The molecule has 0 radical (unpaired) electrons. The van der Waals surface area contributed by atoms with Crippen LogP contribution < -0.4 is 11.1 Å². The topological polar surface area (TPSA) is 75.4 Å². The standard InChI is InChI=1S/C11H14ClN3O2.ClH/c1-15(2)11(17)8-5-7(3-4-9(8)12)14-10(16)6-13;/h3-5H,6,13H2,1-2H3,(H,14,16);1H. The van der Waals surface area contributed by atoms with Gasteiger partial charge in [-0.05, 0) is 18.2 Å². The maximum absolute atomic E-state index is 11.8. The molecule has 0 unspecified atom stereocenters. The number of benzene rings is 1. The molecule has 0 bridgehead atoms. The van der Waals surface area contributed by atoms with Crippen LogP contribution in [0.2, 0.25) is 5.02 Å². The lowest BCUT2D eigenvalue weighted by Gasteiger charge is -2.13. The third-order valence-electron chi connectivity index (χ3n) is 2.07. The molecule has 0 aliphatic rings. The van der Waals surface area contributed by atoms with Gasteiger partial charge in [-0.1, -0.05) is 11.6 Å². The fraction of sp³-hybridized carbons (Fsp3) is 0.273. The summed E-state index contributed by atoms with van der Waals surface area (Å²) in [6, 6.07) is 4.70. The SMILES string of the molecule is CN(C)C(=O)c1cc(NC(=O)CN)ccc1Cl.Cl. The fourth-order valence-electron chi connectivity index (χ4n) is 1.22. The van der Waals surface area contributed by atoms with Gasteiger partial charge in [-0.3, -0.25) is 9.59 Å². The van der Waals surface area contributed by atoms with Crippen LogP contribution in [0.3, 0.4) is 0 Å². The van der Waals surface area contributed by atoms with Crippen LogP contribution in [0.15, 0.2) is 18.2 Å². The van der Waals surface area contributed by atoms with Crippen LogP contribution in [0.5, 0.6) is 0 Å². The van der Waals surface area contributed by atoms with Crippen LogP contribution in [0.1, 0.15) is 10.4 Å². The average molecular weight is 292 g/mol.